The second kappa shape index (κ2) is 13.5. The summed E-state index contributed by atoms with van der Waals surface area (Å²) in [5.74, 6) is 2.10. The van der Waals surface area contributed by atoms with Crippen molar-refractivity contribution in [1.29, 1.82) is 0 Å². The monoisotopic (exact) mass is 572 g/mol. The predicted molar refractivity (Wildman–Crippen MR) is 167 cm³/mol. The lowest BCUT2D eigenvalue weighted by Gasteiger charge is -2.26. The van der Waals surface area contributed by atoms with E-state index in [4.69, 9.17) is 18.9 Å². The lowest BCUT2D eigenvalue weighted by Crippen LogP contribution is -2.26. The first-order valence-electron chi connectivity index (χ1n) is 14.9. The number of benzene rings is 4. The molecule has 0 radical (unpaired) electrons. The third kappa shape index (κ3) is 6.87. The molecule has 6 heteroatoms. The molecule has 5 aromatic rings. The van der Waals surface area contributed by atoms with Crippen LogP contribution in [0.15, 0.2) is 120 Å². The summed E-state index contributed by atoms with van der Waals surface area (Å²) in [6.45, 7) is 3.77. The number of ether oxygens (including phenoxy) is 2. The van der Waals surface area contributed by atoms with E-state index in [-0.39, 0.29) is 24.5 Å². The number of carbonyl (C=O) groups excluding carboxylic acids is 1. The van der Waals surface area contributed by atoms with Crippen molar-refractivity contribution in [3.63, 3.8) is 0 Å². The third-order valence-electron chi connectivity index (χ3n) is 7.89. The highest BCUT2D eigenvalue weighted by Crippen LogP contribution is 2.43. The minimum atomic E-state index is -0.368. The highest BCUT2D eigenvalue weighted by atomic mass is 16.6. The Balaban J connectivity index is 1.33. The highest BCUT2D eigenvalue weighted by molar-refractivity contribution is 5.76. The minimum absolute atomic E-state index is 0.00997. The smallest absolute Gasteiger partial charge is 0.344 e. The quantitative estimate of drug-likeness (QED) is 0.151. The first-order chi connectivity index (χ1) is 21.2. The maximum absolute atomic E-state index is 11.8. The van der Waals surface area contributed by atoms with Crippen LogP contribution in [0.4, 0.5) is 0 Å². The zero-order valence-electron chi connectivity index (χ0n) is 24.4. The van der Waals surface area contributed by atoms with E-state index in [2.05, 4.69) is 65.6 Å². The van der Waals surface area contributed by atoms with Gasteiger partial charge < -0.3 is 13.9 Å². The number of aromatic nitrogens is 1. The van der Waals surface area contributed by atoms with Crippen LogP contribution in [0.2, 0.25) is 0 Å². The maximum Gasteiger partial charge on any atom is 0.344 e. The fourth-order valence-electron chi connectivity index (χ4n) is 5.94. The summed E-state index contributed by atoms with van der Waals surface area (Å²) in [6.07, 6.45) is 1.84. The van der Waals surface area contributed by atoms with Crippen molar-refractivity contribution in [2.24, 2.45) is 5.92 Å². The van der Waals surface area contributed by atoms with Gasteiger partial charge in [0.05, 0.1) is 12.6 Å². The number of carbonyl (C=O) groups is 1. The number of hydrogen-bond acceptors (Lipinski definition) is 6. The van der Waals surface area contributed by atoms with Crippen LogP contribution in [0.5, 0.6) is 5.75 Å². The predicted octanol–water partition coefficient (Wildman–Crippen LogP) is 7.76. The van der Waals surface area contributed by atoms with Crippen LogP contribution in [0, 0.1) is 5.92 Å². The molecular weight excluding hydrogens is 536 g/mol. The zero-order valence-corrected chi connectivity index (χ0v) is 24.4. The molecule has 0 spiro atoms. The molecule has 6 nitrogen and oxygen atoms in total. The summed E-state index contributed by atoms with van der Waals surface area (Å²) in [6, 6.07) is 39.1. The van der Waals surface area contributed by atoms with Crippen LogP contribution >= 0.6 is 0 Å². The average Bonchev–Trinajstić information content (AvgIpc) is 3.66. The van der Waals surface area contributed by atoms with Crippen molar-refractivity contribution >= 4 is 5.97 Å². The standard InChI is InChI=1S/C37H36N2O4/c1-2-41-33(40)26-42-32-20-12-15-28(24-32)23-31-21-22-39(25-27-13-6-3-7-14-27)35(31)37-38-34(29-16-8-4-9-17-29)36(43-37)30-18-10-5-11-19-30/h3-20,24,31,35H,2,21-23,25-26H2,1H3. The van der Waals surface area contributed by atoms with E-state index in [0.717, 1.165) is 60.0 Å². The summed E-state index contributed by atoms with van der Waals surface area (Å²) in [5.41, 5.74) is 5.32. The highest BCUT2D eigenvalue weighted by Gasteiger charge is 2.39. The van der Waals surface area contributed by atoms with Crippen LogP contribution < -0.4 is 4.74 Å². The Morgan fingerprint density at radius 2 is 1.53 bits per heavy atom. The number of hydrogen-bond donors (Lipinski definition) is 0. The summed E-state index contributed by atoms with van der Waals surface area (Å²) in [5, 5.41) is 0. The van der Waals surface area contributed by atoms with Gasteiger partial charge in [-0.25, -0.2) is 9.78 Å². The summed E-state index contributed by atoms with van der Waals surface area (Å²) in [4.78, 5) is 19.5. The molecule has 6 rings (SSSR count). The summed E-state index contributed by atoms with van der Waals surface area (Å²) in [7, 11) is 0. The molecule has 2 atom stereocenters. The van der Waals surface area contributed by atoms with Gasteiger partial charge in [0.2, 0.25) is 5.89 Å². The summed E-state index contributed by atoms with van der Waals surface area (Å²) >= 11 is 0. The van der Waals surface area contributed by atoms with Gasteiger partial charge in [0.15, 0.2) is 12.4 Å². The molecule has 4 aromatic carbocycles. The molecule has 0 amide bonds. The van der Waals surface area contributed by atoms with Gasteiger partial charge in [-0.3, -0.25) is 4.90 Å². The lowest BCUT2D eigenvalue weighted by molar-refractivity contribution is -0.145. The average molecular weight is 573 g/mol. The third-order valence-corrected chi connectivity index (χ3v) is 7.89. The fourth-order valence-corrected chi connectivity index (χ4v) is 5.94. The van der Waals surface area contributed by atoms with Crippen molar-refractivity contribution in [2.75, 3.05) is 19.8 Å². The van der Waals surface area contributed by atoms with Gasteiger partial charge >= 0.3 is 5.97 Å². The largest absolute Gasteiger partial charge is 0.482 e. The van der Waals surface area contributed by atoms with E-state index in [9.17, 15) is 4.79 Å². The number of rotatable bonds is 11. The van der Waals surface area contributed by atoms with Gasteiger partial charge in [0, 0.05) is 17.7 Å². The van der Waals surface area contributed by atoms with E-state index in [1.807, 2.05) is 54.6 Å². The molecule has 1 aromatic heterocycles. The van der Waals surface area contributed by atoms with E-state index in [0.29, 0.717) is 12.4 Å². The second-order valence-electron chi connectivity index (χ2n) is 10.9. The molecule has 0 saturated carbocycles. The Hall–Kier alpha value is -4.68. The van der Waals surface area contributed by atoms with Crippen LogP contribution in [-0.4, -0.2) is 35.6 Å². The molecule has 2 heterocycles. The molecule has 1 aliphatic rings. The van der Waals surface area contributed by atoms with Crippen molar-refractivity contribution in [2.45, 2.75) is 32.4 Å². The number of oxazole rings is 1. The van der Waals surface area contributed by atoms with Gasteiger partial charge in [-0.2, -0.15) is 0 Å². The Kier molecular flexibility index (Phi) is 8.95. The topological polar surface area (TPSA) is 64.8 Å². The normalized spacial score (nSPS) is 16.7. The van der Waals surface area contributed by atoms with Gasteiger partial charge in [-0.15, -0.1) is 0 Å². The van der Waals surface area contributed by atoms with Gasteiger partial charge in [-0.1, -0.05) is 103 Å². The van der Waals surface area contributed by atoms with Crippen LogP contribution in [0.1, 0.15) is 36.4 Å². The number of nitrogens with zero attached hydrogens (tertiary/aromatic N) is 2. The Morgan fingerprint density at radius 1 is 0.860 bits per heavy atom. The first kappa shape index (κ1) is 28.4. The van der Waals surface area contributed by atoms with Crippen molar-refractivity contribution < 1.29 is 18.7 Å². The van der Waals surface area contributed by atoms with Crippen LogP contribution in [0.25, 0.3) is 22.6 Å². The first-order valence-corrected chi connectivity index (χ1v) is 14.9. The molecule has 0 N–H and O–H groups in total. The molecule has 1 aliphatic heterocycles. The van der Waals surface area contributed by atoms with E-state index < -0.39 is 0 Å². The van der Waals surface area contributed by atoms with Crippen LogP contribution in [-0.2, 0) is 22.5 Å². The second-order valence-corrected chi connectivity index (χ2v) is 10.9. The Labute approximate surface area is 252 Å². The van der Waals surface area contributed by atoms with Crippen LogP contribution in [0.3, 0.4) is 0 Å². The van der Waals surface area contributed by atoms with Crippen molar-refractivity contribution in [3.05, 3.63) is 132 Å². The molecule has 1 fully saturated rings. The van der Waals surface area contributed by atoms with Crippen molar-refractivity contribution in [3.8, 4) is 28.3 Å². The molecule has 43 heavy (non-hydrogen) atoms. The van der Waals surface area contributed by atoms with E-state index in [1.54, 1.807) is 6.92 Å². The summed E-state index contributed by atoms with van der Waals surface area (Å²) < 4.78 is 17.5. The van der Waals surface area contributed by atoms with Gasteiger partial charge in [0.1, 0.15) is 11.4 Å². The fraction of sp³-hybridized carbons (Fsp3) is 0.243. The maximum atomic E-state index is 11.8. The molecule has 0 bridgehead atoms. The molecule has 1 saturated heterocycles. The Morgan fingerprint density at radius 3 is 2.26 bits per heavy atom. The van der Waals surface area contributed by atoms with Crippen molar-refractivity contribution in [1.82, 2.24) is 9.88 Å². The minimum Gasteiger partial charge on any atom is -0.482 e. The van der Waals surface area contributed by atoms with Gasteiger partial charge in [-0.05, 0) is 55.5 Å². The Bertz CT molecular complexity index is 1560. The number of likely N-dealkylation sites (tertiary alicyclic amines) is 1. The molecule has 0 aliphatic carbocycles. The SMILES string of the molecule is CCOC(=O)COc1cccc(CC2CCN(Cc3ccccc3)C2c2nc(-c3ccccc3)c(-c3ccccc3)o2)c1. The molecular formula is C37H36N2O4. The van der Waals surface area contributed by atoms with Gasteiger partial charge in [0.25, 0.3) is 0 Å². The molecule has 218 valence electrons. The van der Waals surface area contributed by atoms with E-state index >= 15 is 0 Å². The molecule has 2 unspecified atom stereocenters. The lowest BCUT2D eigenvalue weighted by atomic mass is 9.92. The van der Waals surface area contributed by atoms with E-state index in [1.165, 1.54) is 5.56 Å². The number of esters is 1. The zero-order chi connectivity index (χ0) is 29.4.